The lowest BCUT2D eigenvalue weighted by molar-refractivity contribution is -0.117. The summed E-state index contributed by atoms with van der Waals surface area (Å²) in [6.45, 7) is 3.95. The van der Waals surface area contributed by atoms with E-state index in [0.29, 0.717) is 23.0 Å². The molecule has 0 saturated carbocycles. The van der Waals surface area contributed by atoms with E-state index in [1.807, 2.05) is 26.0 Å². The molecule has 1 aromatic carbocycles. The lowest BCUT2D eigenvalue weighted by Gasteiger charge is -2.17. The van der Waals surface area contributed by atoms with Crippen molar-refractivity contribution < 1.29 is 19.0 Å². The zero-order chi connectivity index (χ0) is 20.4. The highest BCUT2D eigenvalue weighted by Gasteiger charge is 2.30. The molecule has 1 amide bonds. The summed E-state index contributed by atoms with van der Waals surface area (Å²) < 4.78 is 16.3. The molecule has 0 radical (unpaired) electrons. The normalized spacial score (nSPS) is 13.4. The van der Waals surface area contributed by atoms with Crippen molar-refractivity contribution in [2.24, 2.45) is 4.99 Å². The molecule has 8 heteroatoms. The van der Waals surface area contributed by atoms with Crippen molar-refractivity contribution >= 4 is 28.0 Å². The molecule has 0 bridgehead atoms. The summed E-state index contributed by atoms with van der Waals surface area (Å²) in [5.41, 5.74) is 3.32. The van der Waals surface area contributed by atoms with E-state index in [2.05, 4.69) is 11.1 Å². The Labute approximate surface area is 167 Å². The minimum absolute atomic E-state index is 0.0106. The summed E-state index contributed by atoms with van der Waals surface area (Å²) >= 11 is 1.49. The van der Waals surface area contributed by atoms with Gasteiger partial charge in [-0.15, -0.1) is 11.3 Å². The van der Waals surface area contributed by atoms with Gasteiger partial charge < -0.3 is 14.2 Å². The molecule has 0 fully saturated rings. The first-order valence-electron chi connectivity index (χ1n) is 8.59. The highest BCUT2D eigenvalue weighted by Crippen LogP contribution is 2.42. The molecule has 1 aromatic heterocycles. The van der Waals surface area contributed by atoms with Crippen LogP contribution in [0.5, 0.6) is 17.2 Å². The summed E-state index contributed by atoms with van der Waals surface area (Å²) in [5.74, 6) is 1.31. The van der Waals surface area contributed by atoms with E-state index in [1.54, 1.807) is 21.3 Å². The van der Waals surface area contributed by atoms with Gasteiger partial charge in [0.15, 0.2) is 11.5 Å². The molecule has 3 rings (SSSR count). The van der Waals surface area contributed by atoms with Crippen LogP contribution < -0.4 is 19.1 Å². The van der Waals surface area contributed by atoms with Gasteiger partial charge in [-0.25, -0.2) is 0 Å². The summed E-state index contributed by atoms with van der Waals surface area (Å²) in [6.07, 6.45) is 0. The number of aryl methyl sites for hydroxylation is 1. The van der Waals surface area contributed by atoms with Crippen LogP contribution in [-0.4, -0.2) is 46.0 Å². The molecule has 1 aliphatic rings. The molecule has 0 saturated heterocycles. The Kier molecular flexibility index (Phi) is 5.56. The monoisotopic (exact) mass is 399 g/mol. The molecule has 2 heterocycles. The number of amides is 1. The molecule has 0 spiro atoms. The van der Waals surface area contributed by atoms with Gasteiger partial charge in [-0.05, 0) is 31.5 Å². The van der Waals surface area contributed by atoms with Crippen LogP contribution in [0.15, 0.2) is 17.1 Å². The number of hydrogen-bond acceptors (Lipinski definition) is 7. The van der Waals surface area contributed by atoms with Gasteiger partial charge in [-0.3, -0.25) is 14.7 Å². The van der Waals surface area contributed by atoms with Crippen LogP contribution in [0.2, 0.25) is 0 Å². The fourth-order valence-electron chi connectivity index (χ4n) is 3.19. The molecule has 7 nitrogen and oxygen atoms in total. The number of benzene rings is 1. The summed E-state index contributed by atoms with van der Waals surface area (Å²) in [5, 5.41) is 9.93. The van der Waals surface area contributed by atoms with Gasteiger partial charge in [0.2, 0.25) is 11.7 Å². The van der Waals surface area contributed by atoms with Crippen molar-refractivity contribution in [3.05, 3.63) is 33.7 Å². The molecule has 0 N–H and O–H groups in total. The molecule has 0 aliphatic carbocycles. The van der Waals surface area contributed by atoms with E-state index in [1.165, 1.54) is 16.2 Å². The fraction of sp³-hybridized carbons (Fsp3) is 0.350. The van der Waals surface area contributed by atoms with Gasteiger partial charge in [0.05, 0.1) is 33.1 Å². The highest BCUT2D eigenvalue weighted by atomic mass is 32.1. The fourth-order valence-corrected chi connectivity index (χ4v) is 4.36. The van der Waals surface area contributed by atoms with E-state index >= 15 is 0 Å². The van der Waals surface area contributed by atoms with Crippen LogP contribution in [0.25, 0.3) is 0 Å². The van der Waals surface area contributed by atoms with Crippen LogP contribution >= 0.6 is 11.3 Å². The number of rotatable bonds is 5. The number of fused-ring (bicyclic) bond motifs is 1. The number of aliphatic imine (C=N–C) groups is 1. The Morgan fingerprint density at radius 1 is 1.18 bits per heavy atom. The first kappa shape index (κ1) is 19.7. The molecule has 2 aromatic rings. The number of hydrogen-bond donors (Lipinski definition) is 0. The SMILES string of the molecule is COc1cc(C2=NCC(=O)N(CC#N)c3sc(C)c(C)c32)cc(OC)c1OC. The topological polar surface area (TPSA) is 84.2 Å². The van der Waals surface area contributed by atoms with Gasteiger partial charge >= 0.3 is 0 Å². The van der Waals surface area contributed by atoms with Gasteiger partial charge in [-0.2, -0.15) is 5.26 Å². The van der Waals surface area contributed by atoms with Gasteiger partial charge in [0.25, 0.3) is 0 Å². The molecule has 1 aliphatic heterocycles. The Morgan fingerprint density at radius 3 is 2.36 bits per heavy atom. The van der Waals surface area contributed by atoms with Gasteiger partial charge in [-0.1, -0.05) is 0 Å². The maximum Gasteiger partial charge on any atom is 0.250 e. The number of nitriles is 1. The molecular formula is C20H21N3O4S. The first-order valence-corrected chi connectivity index (χ1v) is 9.40. The molecule has 28 heavy (non-hydrogen) atoms. The molecule has 0 atom stereocenters. The first-order chi connectivity index (χ1) is 13.5. The molecule has 0 unspecified atom stereocenters. The van der Waals surface area contributed by atoms with Crippen LogP contribution in [0.4, 0.5) is 5.00 Å². The maximum absolute atomic E-state index is 12.6. The number of anilines is 1. The van der Waals surface area contributed by atoms with Crippen LogP contribution in [0, 0.1) is 25.2 Å². The van der Waals surface area contributed by atoms with E-state index in [0.717, 1.165) is 26.6 Å². The summed E-state index contributed by atoms with van der Waals surface area (Å²) in [6, 6.07) is 5.72. The maximum atomic E-state index is 12.6. The van der Waals surface area contributed by atoms with Crippen LogP contribution in [0.3, 0.4) is 0 Å². The Hall–Kier alpha value is -3.05. The largest absolute Gasteiger partial charge is 0.493 e. The Balaban J connectivity index is 2.26. The minimum atomic E-state index is -0.202. The third-order valence-electron chi connectivity index (χ3n) is 4.69. The average Bonchev–Trinajstić information content (AvgIpc) is 2.91. The van der Waals surface area contributed by atoms with Crippen molar-refractivity contribution in [2.75, 3.05) is 39.3 Å². The van der Waals surface area contributed by atoms with E-state index in [-0.39, 0.29) is 19.0 Å². The van der Waals surface area contributed by atoms with Gasteiger partial charge in [0.1, 0.15) is 18.1 Å². The van der Waals surface area contributed by atoms with Crippen molar-refractivity contribution in [1.29, 1.82) is 5.26 Å². The minimum Gasteiger partial charge on any atom is -0.493 e. The quantitative estimate of drug-likeness (QED) is 0.722. The molecular weight excluding hydrogens is 378 g/mol. The zero-order valence-electron chi connectivity index (χ0n) is 16.5. The number of methoxy groups -OCH3 is 3. The van der Waals surface area contributed by atoms with Gasteiger partial charge in [0, 0.05) is 16.0 Å². The highest BCUT2D eigenvalue weighted by molar-refractivity contribution is 7.17. The second kappa shape index (κ2) is 7.90. The number of carbonyl (C=O) groups is 1. The second-order valence-electron chi connectivity index (χ2n) is 6.18. The lowest BCUT2D eigenvalue weighted by Crippen LogP contribution is -2.32. The van der Waals surface area contributed by atoms with Crippen LogP contribution in [0.1, 0.15) is 21.6 Å². The van der Waals surface area contributed by atoms with Crippen LogP contribution in [-0.2, 0) is 4.79 Å². The van der Waals surface area contributed by atoms with Crippen molar-refractivity contribution in [3.8, 4) is 23.3 Å². The Bertz CT molecular complexity index is 979. The number of nitrogens with zero attached hydrogens (tertiary/aromatic N) is 3. The van der Waals surface area contributed by atoms with E-state index in [9.17, 15) is 10.1 Å². The lowest BCUT2D eigenvalue weighted by atomic mass is 9.99. The molecule has 146 valence electrons. The third kappa shape index (κ3) is 3.18. The number of ether oxygens (including phenoxy) is 3. The van der Waals surface area contributed by atoms with Crippen molar-refractivity contribution in [1.82, 2.24) is 0 Å². The Morgan fingerprint density at radius 2 is 1.82 bits per heavy atom. The van der Waals surface area contributed by atoms with E-state index < -0.39 is 0 Å². The number of thiophene rings is 1. The number of carbonyl (C=O) groups excluding carboxylic acids is 1. The zero-order valence-corrected chi connectivity index (χ0v) is 17.3. The second-order valence-corrected chi connectivity index (χ2v) is 7.38. The standard InChI is InChI=1S/C20H21N3O4S/c1-11-12(2)28-20-17(11)18(22-10-16(24)23(20)7-6-21)13-8-14(25-3)19(27-5)15(9-13)26-4/h8-9H,7,10H2,1-5H3. The summed E-state index contributed by atoms with van der Waals surface area (Å²) in [4.78, 5) is 19.8. The average molecular weight is 399 g/mol. The predicted molar refractivity (Wildman–Crippen MR) is 108 cm³/mol. The van der Waals surface area contributed by atoms with Crippen molar-refractivity contribution in [2.45, 2.75) is 13.8 Å². The smallest absolute Gasteiger partial charge is 0.250 e. The summed E-state index contributed by atoms with van der Waals surface area (Å²) in [7, 11) is 4.66. The third-order valence-corrected chi connectivity index (χ3v) is 5.92. The van der Waals surface area contributed by atoms with Crippen molar-refractivity contribution in [3.63, 3.8) is 0 Å². The predicted octanol–water partition coefficient (Wildman–Crippen LogP) is 3.10. The van der Waals surface area contributed by atoms with E-state index in [4.69, 9.17) is 14.2 Å².